The highest BCUT2D eigenvalue weighted by Crippen LogP contribution is 2.24. The Kier molecular flexibility index (Phi) is 5.48. The van der Waals surface area contributed by atoms with Crippen molar-refractivity contribution >= 4 is 26.7 Å². The molecule has 0 saturated heterocycles. The molecule has 9 heteroatoms. The minimum Gasteiger partial charge on any atom is -0.355 e. The Labute approximate surface area is 125 Å². The lowest BCUT2D eigenvalue weighted by molar-refractivity contribution is -0.157. The molecule has 0 atom stereocenters. The van der Waals surface area contributed by atoms with E-state index in [2.05, 4.69) is 4.84 Å². The van der Waals surface area contributed by atoms with E-state index in [1.54, 1.807) is 30.9 Å². The molecule has 1 N–H and O–H groups in total. The van der Waals surface area contributed by atoms with Crippen molar-refractivity contribution in [1.82, 2.24) is 4.89 Å². The van der Waals surface area contributed by atoms with Gasteiger partial charge in [-0.05, 0) is 42.8 Å². The Morgan fingerprint density at radius 1 is 1.33 bits per heavy atom. The first kappa shape index (κ1) is 17.6. The summed E-state index contributed by atoms with van der Waals surface area (Å²) < 4.78 is 43.6. The molecule has 0 bridgehead atoms. The van der Waals surface area contributed by atoms with E-state index in [4.69, 9.17) is 0 Å². The summed E-state index contributed by atoms with van der Waals surface area (Å²) in [4.78, 5) is 18.0. The molecule has 0 spiro atoms. The second-order valence-electron chi connectivity index (χ2n) is 5.22. The lowest BCUT2D eigenvalue weighted by Gasteiger charge is -2.21. The summed E-state index contributed by atoms with van der Waals surface area (Å²) in [6.45, 7) is 3.14. The smallest absolute Gasteiger partial charge is 0.332 e. The van der Waals surface area contributed by atoms with Crippen LogP contribution in [-0.2, 0) is 36.8 Å². The summed E-state index contributed by atoms with van der Waals surface area (Å²) in [5, 5.41) is 0. The van der Waals surface area contributed by atoms with E-state index >= 15 is 0 Å². The Hall–Kier alpha value is -1.45. The molecular formula is C12H17NO6S2. The van der Waals surface area contributed by atoms with Gasteiger partial charge in [-0.15, -0.1) is 0 Å². The first-order valence-corrected chi connectivity index (χ1v) is 8.99. The molecule has 118 valence electrons. The van der Waals surface area contributed by atoms with Crippen LogP contribution in [0, 0.1) is 5.41 Å². The zero-order valence-electron chi connectivity index (χ0n) is 11.8. The maximum Gasteiger partial charge on any atom is 0.332 e. The largest absolute Gasteiger partial charge is 0.355 e. The van der Waals surface area contributed by atoms with E-state index in [-0.39, 0.29) is 11.3 Å². The number of sulfone groups is 1. The van der Waals surface area contributed by atoms with Gasteiger partial charge in [-0.3, -0.25) is 0 Å². The molecule has 0 amide bonds. The molecule has 0 aromatic heterocycles. The van der Waals surface area contributed by atoms with Crippen LogP contribution in [0.3, 0.4) is 0 Å². The van der Waals surface area contributed by atoms with Crippen LogP contribution in [0.5, 0.6) is 0 Å². The minimum atomic E-state index is -3.33. The molecule has 0 aliphatic heterocycles. The fraction of sp³-hybridized carbons (Fsp3) is 0.417. The fourth-order valence-corrected chi connectivity index (χ4v) is 2.53. The predicted octanol–water partition coefficient (Wildman–Crippen LogP) is 0.233. The van der Waals surface area contributed by atoms with Crippen molar-refractivity contribution in [2.45, 2.75) is 25.2 Å². The van der Waals surface area contributed by atoms with Crippen molar-refractivity contribution in [3.63, 3.8) is 0 Å². The highest BCUT2D eigenvalue weighted by atomic mass is 32.2. The highest BCUT2D eigenvalue weighted by Gasteiger charge is 2.30. The molecule has 0 aliphatic rings. The van der Waals surface area contributed by atoms with Gasteiger partial charge in [0.25, 0.3) is 0 Å². The van der Waals surface area contributed by atoms with Crippen LogP contribution in [0.4, 0.5) is 0 Å². The summed E-state index contributed by atoms with van der Waals surface area (Å²) in [5.41, 5.74) is -0.388. The van der Waals surface area contributed by atoms with Crippen LogP contribution in [0.25, 0.3) is 0 Å². The van der Waals surface area contributed by atoms with Crippen LogP contribution in [0.1, 0.15) is 19.4 Å². The summed E-state index contributed by atoms with van der Waals surface area (Å²) in [6.07, 6.45) is 1.30. The third-order valence-electron chi connectivity index (χ3n) is 2.74. The fourth-order valence-electron chi connectivity index (χ4n) is 1.69. The van der Waals surface area contributed by atoms with Gasteiger partial charge in [0.15, 0.2) is 9.84 Å². The molecule has 0 heterocycles. The average molecular weight is 335 g/mol. The van der Waals surface area contributed by atoms with Gasteiger partial charge in [-0.25, -0.2) is 21.6 Å². The van der Waals surface area contributed by atoms with Gasteiger partial charge in [0.05, 0.1) is 10.3 Å². The lowest BCUT2D eigenvalue weighted by Crippen LogP contribution is -2.33. The molecule has 1 aromatic rings. The first-order chi connectivity index (χ1) is 9.52. The third-order valence-corrected chi connectivity index (χ3v) is 4.09. The Morgan fingerprint density at radius 2 is 1.95 bits per heavy atom. The Bertz CT molecular complexity index is 698. The van der Waals surface area contributed by atoms with E-state index in [0.717, 1.165) is 6.26 Å². The highest BCUT2D eigenvalue weighted by molar-refractivity contribution is 7.90. The van der Waals surface area contributed by atoms with E-state index in [1.807, 2.05) is 0 Å². The zero-order valence-corrected chi connectivity index (χ0v) is 13.5. The third kappa shape index (κ3) is 5.44. The Balaban J connectivity index is 2.91. The van der Waals surface area contributed by atoms with Gasteiger partial charge in [-0.1, -0.05) is 12.1 Å². The predicted molar refractivity (Wildman–Crippen MR) is 76.6 cm³/mol. The molecule has 1 rings (SSSR count). The normalized spacial score (nSPS) is 12.4. The van der Waals surface area contributed by atoms with Crippen LogP contribution < -0.4 is 4.89 Å². The van der Waals surface area contributed by atoms with Gasteiger partial charge in [0.1, 0.15) is 0 Å². The topological polar surface area (TPSA) is 107 Å². The lowest BCUT2D eigenvalue weighted by atomic mass is 9.86. The van der Waals surface area contributed by atoms with Crippen molar-refractivity contribution in [1.29, 1.82) is 0 Å². The summed E-state index contributed by atoms with van der Waals surface area (Å²) in [6, 6.07) is 6.21. The van der Waals surface area contributed by atoms with Gasteiger partial charge in [0.2, 0.25) is 10.9 Å². The van der Waals surface area contributed by atoms with Crippen LogP contribution in [0.2, 0.25) is 0 Å². The molecule has 7 nitrogen and oxygen atoms in total. The number of carbonyl (C=O) groups excluding carboxylic acids is 1. The van der Waals surface area contributed by atoms with Crippen LogP contribution in [0.15, 0.2) is 29.2 Å². The molecule has 0 radical (unpaired) electrons. The van der Waals surface area contributed by atoms with E-state index in [1.165, 1.54) is 12.1 Å². The van der Waals surface area contributed by atoms with Gasteiger partial charge in [0, 0.05) is 6.26 Å². The number of nitrogens with one attached hydrogen (secondary N) is 1. The van der Waals surface area contributed by atoms with Crippen molar-refractivity contribution in [3.8, 4) is 0 Å². The van der Waals surface area contributed by atoms with Gasteiger partial charge < -0.3 is 4.84 Å². The van der Waals surface area contributed by atoms with Crippen LogP contribution >= 0.6 is 0 Å². The number of hydrogen-bond donors (Lipinski definition) is 2. The first-order valence-electron chi connectivity index (χ1n) is 5.93. The number of thiol groups is 1. The van der Waals surface area contributed by atoms with Crippen molar-refractivity contribution in [2.24, 2.45) is 5.41 Å². The van der Waals surface area contributed by atoms with Gasteiger partial charge in [-0.2, -0.15) is 0 Å². The maximum absolute atomic E-state index is 11.8. The standard InChI is InChI=1S/C12H17NO6S2/c1-12(2,11(14)19-13-20(15)16)8-9-5-4-6-10(7-9)21(3,17)18/h4-7,20H,8H2,1-3H3,(H,13,15,16). The summed E-state index contributed by atoms with van der Waals surface area (Å²) >= 11 is 0. The zero-order chi connectivity index (χ0) is 16.3. The van der Waals surface area contributed by atoms with Gasteiger partial charge >= 0.3 is 5.97 Å². The molecule has 0 unspecified atom stereocenters. The number of benzene rings is 1. The molecule has 21 heavy (non-hydrogen) atoms. The van der Waals surface area contributed by atoms with E-state index in [9.17, 15) is 21.6 Å². The van der Waals surface area contributed by atoms with Crippen molar-refractivity contribution in [3.05, 3.63) is 29.8 Å². The van der Waals surface area contributed by atoms with Crippen LogP contribution in [-0.4, -0.2) is 29.1 Å². The second kappa shape index (κ2) is 6.54. The summed E-state index contributed by atoms with van der Waals surface area (Å²) in [7, 11) is -6.36. The number of carbonyl (C=O) groups is 1. The van der Waals surface area contributed by atoms with Crippen molar-refractivity contribution in [2.75, 3.05) is 6.26 Å². The van der Waals surface area contributed by atoms with E-state index in [0.29, 0.717) is 5.56 Å². The number of rotatable bonds is 6. The summed E-state index contributed by atoms with van der Waals surface area (Å²) in [5.74, 6) is -0.758. The molecule has 0 fully saturated rings. The quantitative estimate of drug-likeness (QED) is 0.569. The number of hydrogen-bond acceptors (Lipinski definition) is 6. The monoisotopic (exact) mass is 335 g/mol. The maximum atomic E-state index is 11.8. The molecule has 0 saturated carbocycles. The Morgan fingerprint density at radius 3 is 2.48 bits per heavy atom. The van der Waals surface area contributed by atoms with E-state index < -0.39 is 32.1 Å². The van der Waals surface area contributed by atoms with Crippen molar-refractivity contribution < 1.29 is 26.5 Å². The molecular weight excluding hydrogens is 318 g/mol. The average Bonchev–Trinajstić information content (AvgIpc) is 2.34. The minimum absolute atomic E-state index is 0.157. The molecule has 1 aromatic carbocycles. The molecule has 0 aliphatic carbocycles. The second-order valence-corrected chi connectivity index (χ2v) is 7.93. The SMILES string of the molecule is CC(C)(Cc1cccc(S(C)(=O)=O)c1)C(=O)ON[SH](=O)=O.